The highest BCUT2D eigenvalue weighted by Gasteiger charge is 2.13. The molecule has 1 heterocycles. The Morgan fingerprint density at radius 1 is 0.818 bits per heavy atom. The van der Waals surface area contributed by atoms with Gasteiger partial charge in [0.15, 0.2) is 5.69 Å². The van der Waals surface area contributed by atoms with Crippen LogP contribution in [0, 0.1) is 0 Å². The lowest BCUT2D eigenvalue weighted by molar-refractivity contribution is 0.0691. The van der Waals surface area contributed by atoms with E-state index in [1.165, 1.54) is 108 Å². The maximum Gasteiger partial charge on any atom is 0.355 e. The SMILES string of the molecule is CCCCCCCCCCCCCCCCCCOc1ccccc1-c1nc(C(=O)O)cs1. The van der Waals surface area contributed by atoms with Crippen LogP contribution < -0.4 is 4.74 Å². The van der Waals surface area contributed by atoms with Crippen LogP contribution in [-0.2, 0) is 0 Å². The highest BCUT2D eigenvalue weighted by atomic mass is 32.1. The van der Waals surface area contributed by atoms with Crippen molar-refractivity contribution >= 4 is 17.3 Å². The summed E-state index contributed by atoms with van der Waals surface area (Å²) in [5.74, 6) is -0.214. The number of para-hydroxylation sites is 1. The first kappa shape index (κ1) is 27.4. The summed E-state index contributed by atoms with van der Waals surface area (Å²) in [6.07, 6.45) is 21.7. The van der Waals surface area contributed by atoms with Crippen LogP contribution in [0.25, 0.3) is 10.6 Å². The lowest BCUT2D eigenvalue weighted by Gasteiger charge is -2.10. The number of carboxylic acid groups (broad SMARTS) is 1. The van der Waals surface area contributed by atoms with Crippen molar-refractivity contribution < 1.29 is 14.6 Å². The highest BCUT2D eigenvalue weighted by molar-refractivity contribution is 7.13. The topological polar surface area (TPSA) is 59.4 Å². The van der Waals surface area contributed by atoms with E-state index in [9.17, 15) is 4.79 Å². The Hall–Kier alpha value is -1.88. The second-order valence-electron chi connectivity index (χ2n) is 8.99. The highest BCUT2D eigenvalue weighted by Crippen LogP contribution is 2.32. The molecule has 33 heavy (non-hydrogen) atoms. The maximum absolute atomic E-state index is 11.1. The molecule has 0 saturated heterocycles. The van der Waals surface area contributed by atoms with Gasteiger partial charge in [-0.2, -0.15) is 0 Å². The number of aromatic carboxylic acids is 1. The Balaban J connectivity index is 1.46. The number of carbonyl (C=O) groups is 1. The molecule has 0 aliphatic rings. The summed E-state index contributed by atoms with van der Waals surface area (Å²) in [7, 11) is 0. The lowest BCUT2D eigenvalue weighted by Crippen LogP contribution is -1.99. The van der Waals surface area contributed by atoms with Gasteiger partial charge in [-0.15, -0.1) is 11.3 Å². The molecule has 4 nitrogen and oxygen atoms in total. The third-order valence-electron chi connectivity index (χ3n) is 6.10. The smallest absolute Gasteiger partial charge is 0.355 e. The number of carboxylic acids is 1. The van der Waals surface area contributed by atoms with Gasteiger partial charge in [0.05, 0.1) is 12.2 Å². The van der Waals surface area contributed by atoms with Crippen molar-refractivity contribution in [2.24, 2.45) is 0 Å². The van der Waals surface area contributed by atoms with Gasteiger partial charge in [-0.3, -0.25) is 0 Å². The van der Waals surface area contributed by atoms with E-state index in [0.29, 0.717) is 11.6 Å². The van der Waals surface area contributed by atoms with Crippen LogP contribution in [0.1, 0.15) is 120 Å². The molecule has 0 spiro atoms. The van der Waals surface area contributed by atoms with Crippen molar-refractivity contribution in [2.45, 2.75) is 110 Å². The first-order chi connectivity index (χ1) is 16.2. The molecule has 0 saturated carbocycles. The third kappa shape index (κ3) is 11.7. The standard InChI is InChI=1S/C28H43NO3S/c1-2-3-4-5-6-7-8-9-10-11-12-13-14-15-16-19-22-32-26-21-18-17-20-24(26)27-29-25(23-33-27)28(30)31/h17-18,20-21,23H,2-16,19,22H2,1H3,(H,30,31). The molecule has 1 aromatic carbocycles. The van der Waals surface area contributed by atoms with Gasteiger partial charge in [0.2, 0.25) is 0 Å². The first-order valence-electron chi connectivity index (χ1n) is 13.1. The zero-order valence-corrected chi connectivity index (χ0v) is 21.3. The maximum atomic E-state index is 11.1. The average molecular weight is 474 g/mol. The van der Waals surface area contributed by atoms with E-state index in [0.717, 1.165) is 17.7 Å². The number of ether oxygens (including phenoxy) is 1. The van der Waals surface area contributed by atoms with Crippen LogP contribution >= 0.6 is 11.3 Å². The monoisotopic (exact) mass is 473 g/mol. The zero-order chi connectivity index (χ0) is 23.6. The molecule has 2 aromatic rings. The summed E-state index contributed by atoms with van der Waals surface area (Å²) in [4.78, 5) is 15.3. The van der Waals surface area contributed by atoms with Crippen LogP contribution in [0.4, 0.5) is 0 Å². The van der Waals surface area contributed by atoms with Crippen LogP contribution in [-0.4, -0.2) is 22.7 Å². The summed E-state index contributed by atoms with van der Waals surface area (Å²) in [6, 6.07) is 7.74. The minimum Gasteiger partial charge on any atom is -0.493 e. The Kier molecular flexibility index (Phi) is 14.6. The Bertz CT molecular complexity index is 774. The molecule has 0 aliphatic heterocycles. The fourth-order valence-electron chi connectivity index (χ4n) is 4.10. The van der Waals surface area contributed by atoms with Crippen LogP contribution in [0.15, 0.2) is 29.6 Å². The summed E-state index contributed by atoms with van der Waals surface area (Å²) >= 11 is 1.34. The van der Waals surface area contributed by atoms with Gasteiger partial charge in [-0.05, 0) is 18.6 Å². The summed E-state index contributed by atoms with van der Waals surface area (Å²) in [6.45, 7) is 2.97. The van der Waals surface area contributed by atoms with Gasteiger partial charge in [0.25, 0.3) is 0 Å². The quantitative estimate of drug-likeness (QED) is 0.195. The molecule has 1 aromatic heterocycles. The third-order valence-corrected chi connectivity index (χ3v) is 6.97. The van der Waals surface area contributed by atoms with E-state index in [4.69, 9.17) is 9.84 Å². The second kappa shape index (κ2) is 17.6. The zero-order valence-electron chi connectivity index (χ0n) is 20.5. The first-order valence-corrected chi connectivity index (χ1v) is 14.0. The van der Waals surface area contributed by atoms with Crippen molar-refractivity contribution in [3.8, 4) is 16.3 Å². The molecular weight excluding hydrogens is 430 g/mol. The van der Waals surface area contributed by atoms with E-state index >= 15 is 0 Å². The van der Waals surface area contributed by atoms with Crippen LogP contribution in [0.3, 0.4) is 0 Å². The van der Waals surface area contributed by atoms with Crippen LogP contribution in [0.5, 0.6) is 5.75 Å². The lowest BCUT2D eigenvalue weighted by atomic mass is 10.0. The van der Waals surface area contributed by atoms with E-state index < -0.39 is 5.97 Å². The van der Waals surface area contributed by atoms with Gasteiger partial charge in [0.1, 0.15) is 10.8 Å². The molecular formula is C28H43NO3S. The number of unbranched alkanes of at least 4 members (excludes halogenated alkanes) is 15. The minimum atomic E-state index is -0.996. The van der Waals surface area contributed by atoms with Gasteiger partial charge in [0, 0.05) is 5.38 Å². The number of aromatic nitrogens is 1. The molecule has 0 amide bonds. The summed E-state index contributed by atoms with van der Waals surface area (Å²) < 4.78 is 6.00. The fraction of sp³-hybridized carbons (Fsp3) is 0.643. The van der Waals surface area contributed by atoms with Crippen molar-refractivity contribution in [1.82, 2.24) is 4.98 Å². The van der Waals surface area contributed by atoms with E-state index in [1.807, 2.05) is 24.3 Å². The molecule has 2 rings (SSSR count). The predicted molar refractivity (Wildman–Crippen MR) is 140 cm³/mol. The minimum absolute atomic E-state index is 0.0857. The van der Waals surface area contributed by atoms with Crippen LogP contribution in [0.2, 0.25) is 0 Å². The van der Waals surface area contributed by atoms with Gasteiger partial charge in [-0.25, -0.2) is 9.78 Å². The molecule has 0 unspecified atom stereocenters. The van der Waals surface area contributed by atoms with Crippen molar-refractivity contribution in [3.05, 3.63) is 35.3 Å². The largest absolute Gasteiger partial charge is 0.493 e. The van der Waals surface area contributed by atoms with Gasteiger partial charge >= 0.3 is 5.97 Å². The molecule has 1 N–H and O–H groups in total. The van der Waals surface area contributed by atoms with E-state index in [-0.39, 0.29) is 5.69 Å². The molecule has 0 aliphatic carbocycles. The van der Waals surface area contributed by atoms with Gasteiger partial charge in [-0.1, -0.05) is 115 Å². The molecule has 5 heteroatoms. The normalized spacial score (nSPS) is 11.1. The summed E-state index contributed by atoms with van der Waals surface area (Å²) in [5, 5.41) is 11.4. The number of hydrogen-bond acceptors (Lipinski definition) is 4. The van der Waals surface area contributed by atoms with E-state index in [1.54, 1.807) is 5.38 Å². The average Bonchev–Trinajstić information content (AvgIpc) is 3.32. The number of benzene rings is 1. The van der Waals surface area contributed by atoms with Gasteiger partial charge < -0.3 is 9.84 Å². The predicted octanol–water partition coefficient (Wildman–Crippen LogP) is 9.15. The van der Waals surface area contributed by atoms with Crippen molar-refractivity contribution in [1.29, 1.82) is 0 Å². The number of thiazole rings is 1. The molecule has 0 radical (unpaired) electrons. The molecule has 0 atom stereocenters. The Morgan fingerprint density at radius 3 is 1.85 bits per heavy atom. The Morgan fingerprint density at radius 2 is 1.33 bits per heavy atom. The second-order valence-corrected chi connectivity index (χ2v) is 9.85. The summed E-state index contributed by atoms with van der Waals surface area (Å²) in [5.41, 5.74) is 0.953. The van der Waals surface area contributed by atoms with Crippen molar-refractivity contribution in [2.75, 3.05) is 6.61 Å². The molecule has 184 valence electrons. The molecule has 0 fully saturated rings. The number of rotatable bonds is 20. The van der Waals surface area contributed by atoms with Crippen molar-refractivity contribution in [3.63, 3.8) is 0 Å². The Labute approximate surface area is 204 Å². The number of nitrogens with zero attached hydrogens (tertiary/aromatic N) is 1. The fourth-order valence-corrected chi connectivity index (χ4v) is 4.92. The molecule has 0 bridgehead atoms. The number of hydrogen-bond donors (Lipinski definition) is 1. The van der Waals surface area contributed by atoms with E-state index in [2.05, 4.69) is 11.9 Å².